The standard InChI is InChI=1S/C11H5BrClN5O3/c12-6-2-1-5(18(19)20)3-7(6)21-10-8-9(15-4-14-8)16-11(13)17-10/h1-4H,(H,14,15,16,17). The van der Waals surface area contributed by atoms with E-state index in [9.17, 15) is 10.1 Å². The minimum Gasteiger partial charge on any atom is -0.435 e. The highest BCUT2D eigenvalue weighted by molar-refractivity contribution is 9.10. The van der Waals surface area contributed by atoms with Crippen molar-refractivity contribution < 1.29 is 9.66 Å². The van der Waals surface area contributed by atoms with Crippen LogP contribution in [0.25, 0.3) is 11.2 Å². The lowest BCUT2D eigenvalue weighted by Crippen LogP contribution is -1.95. The van der Waals surface area contributed by atoms with Crippen LogP contribution >= 0.6 is 27.5 Å². The van der Waals surface area contributed by atoms with Gasteiger partial charge in [0.1, 0.15) is 5.52 Å². The molecule has 0 fully saturated rings. The molecule has 0 saturated heterocycles. The number of ether oxygens (including phenoxy) is 1. The monoisotopic (exact) mass is 369 g/mol. The number of halogens is 2. The lowest BCUT2D eigenvalue weighted by Gasteiger charge is -2.07. The van der Waals surface area contributed by atoms with Crippen molar-refractivity contribution in [1.82, 2.24) is 19.9 Å². The maximum absolute atomic E-state index is 10.8. The van der Waals surface area contributed by atoms with E-state index in [0.717, 1.165) is 0 Å². The highest BCUT2D eigenvalue weighted by Gasteiger charge is 2.15. The molecular weight excluding hydrogens is 366 g/mol. The van der Waals surface area contributed by atoms with Gasteiger partial charge >= 0.3 is 0 Å². The Kier molecular flexibility index (Phi) is 3.43. The van der Waals surface area contributed by atoms with E-state index in [1.165, 1.54) is 24.5 Å². The number of nitro groups is 1. The molecule has 106 valence electrons. The van der Waals surface area contributed by atoms with Crippen LogP contribution in [-0.4, -0.2) is 24.9 Å². The van der Waals surface area contributed by atoms with Crippen molar-refractivity contribution >= 4 is 44.4 Å². The van der Waals surface area contributed by atoms with Gasteiger partial charge in [-0.1, -0.05) is 0 Å². The van der Waals surface area contributed by atoms with Crippen molar-refractivity contribution in [1.29, 1.82) is 0 Å². The number of nitro benzene ring substituents is 1. The van der Waals surface area contributed by atoms with Crippen molar-refractivity contribution in [2.45, 2.75) is 0 Å². The number of aromatic amines is 1. The fourth-order valence-electron chi connectivity index (χ4n) is 1.64. The SMILES string of the molecule is O=[N+]([O-])c1ccc(Br)c(Oc2nc(Cl)nc3nc[nH]c23)c1. The van der Waals surface area contributed by atoms with E-state index in [-0.39, 0.29) is 22.6 Å². The first kappa shape index (κ1) is 13.7. The number of imidazole rings is 1. The molecule has 0 aliphatic carbocycles. The molecule has 8 nitrogen and oxygen atoms in total. The van der Waals surface area contributed by atoms with E-state index in [2.05, 4.69) is 35.9 Å². The number of nitrogens with one attached hydrogen (secondary N) is 1. The predicted octanol–water partition coefficient (Wildman–Crippen LogP) is 3.47. The quantitative estimate of drug-likeness (QED) is 0.430. The van der Waals surface area contributed by atoms with Gasteiger partial charge in [-0.15, -0.1) is 0 Å². The molecule has 2 aromatic heterocycles. The average Bonchev–Trinajstić information content (AvgIpc) is 2.89. The molecule has 0 aliphatic heterocycles. The molecule has 0 saturated carbocycles. The second kappa shape index (κ2) is 5.26. The maximum atomic E-state index is 10.8. The summed E-state index contributed by atoms with van der Waals surface area (Å²) in [6, 6.07) is 4.15. The Morgan fingerprint density at radius 2 is 2.19 bits per heavy atom. The number of non-ortho nitro benzene ring substituents is 1. The second-order valence-electron chi connectivity index (χ2n) is 3.87. The Hall–Kier alpha value is -2.26. The van der Waals surface area contributed by atoms with Crippen LogP contribution in [-0.2, 0) is 0 Å². The van der Waals surface area contributed by atoms with Gasteiger partial charge in [0.15, 0.2) is 11.4 Å². The van der Waals surface area contributed by atoms with Crippen LogP contribution in [0.15, 0.2) is 29.0 Å². The summed E-state index contributed by atoms with van der Waals surface area (Å²) in [4.78, 5) is 25.0. The predicted molar refractivity (Wildman–Crippen MR) is 77.6 cm³/mol. The lowest BCUT2D eigenvalue weighted by molar-refractivity contribution is -0.384. The third kappa shape index (κ3) is 2.65. The number of benzene rings is 1. The van der Waals surface area contributed by atoms with Crippen LogP contribution in [0.3, 0.4) is 0 Å². The summed E-state index contributed by atoms with van der Waals surface area (Å²) < 4.78 is 6.13. The maximum Gasteiger partial charge on any atom is 0.273 e. The van der Waals surface area contributed by atoms with Gasteiger partial charge < -0.3 is 9.72 Å². The molecule has 3 aromatic rings. The summed E-state index contributed by atoms with van der Waals surface area (Å²) in [5.41, 5.74) is 0.679. The zero-order valence-corrected chi connectivity index (χ0v) is 12.4. The zero-order valence-electron chi connectivity index (χ0n) is 10.1. The summed E-state index contributed by atoms with van der Waals surface area (Å²) in [6.07, 6.45) is 1.42. The normalized spacial score (nSPS) is 10.8. The van der Waals surface area contributed by atoms with Crippen LogP contribution in [0.5, 0.6) is 11.6 Å². The molecule has 0 amide bonds. The Bertz CT molecular complexity index is 853. The van der Waals surface area contributed by atoms with E-state index in [0.29, 0.717) is 15.6 Å². The third-order valence-electron chi connectivity index (χ3n) is 2.56. The van der Waals surface area contributed by atoms with Gasteiger partial charge in [0.05, 0.1) is 21.8 Å². The number of aromatic nitrogens is 4. The summed E-state index contributed by atoms with van der Waals surface area (Å²) in [5.74, 6) is 0.360. The summed E-state index contributed by atoms with van der Waals surface area (Å²) in [6.45, 7) is 0. The highest BCUT2D eigenvalue weighted by Crippen LogP contribution is 2.34. The second-order valence-corrected chi connectivity index (χ2v) is 5.07. The van der Waals surface area contributed by atoms with Gasteiger partial charge in [0.25, 0.3) is 5.69 Å². The van der Waals surface area contributed by atoms with Crippen molar-refractivity contribution in [3.8, 4) is 11.6 Å². The fourth-order valence-corrected chi connectivity index (χ4v) is 2.13. The van der Waals surface area contributed by atoms with E-state index in [1.54, 1.807) is 0 Å². The molecule has 10 heteroatoms. The number of hydrogen-bond donors (Lipinski definition) is 1. The molecule has 0 unspecified atom stereocenters. The van der Waals surface area contributed by atoms with Gasteiger partial charge in [-0.2, -0.15) is 9.97 Å². The van der Waals surface area contributed by atoms with Crippen molar-refractivity contribution in [2.75, 3.05) is 0 Å². The van der Waals surface area contributed by atoms with Crippen LogP contribution in [0.4, 0.5) is 5.69 Å². The number of rotatable bonds is 3. The molecule has 3 rings (SSSR count). The van der Waals surface area contributed by atoms with Gasteiger partial charge in [-0.25, -0.2) is 4.98 Å². The minimum absolute atomic E-state index is 0.0360. The van der Waals surface area contributed by atoms with E-state index in [4.69, 9.17) is 16.3 Å². The average molecular weight is 371 g/mol. The Labute approximate surface area is 130 Å². The summed E-state index contributed by atoms with van der Waals surface area (Å²) in [5, 5.41) is 10.8. The van der Waals surface area contributed by atoms with Crippen LogP contribution in [0.1, 0.15) is 0 Å². The highest BCUT2D eigenvalue weighted by atomic mass is 79.9. The fraction of sp³-hybridized carbons (Fsp3) is 0. The van der Waals surface area contributed by atoms with E-state index < -0.39 is 4.92 Å². The van der Waals surface area contributed by atoms with Crippen molar-refractivity contribution in [3.05, 3.63) is 44.4 Å². The van der Waals surface area contributed by atoms with Crippen LogP contribution in [0.2, 0.25) is 5.28 Å². The number of hydrogen-bond acceptors (Lipinski definition) is 6. The van der Waals surface area contributed by atoms with Crippen molar-refractivity contribution in [3.63, 3.8) is 0 Å². The molecule has 1 aromatic carbocycles. The summed E-state index contributed by atoms with van der Waals surface area (Å²) >= 11 is 9.05. The van der Waals surface area contributed by atoms with Gasteiger partial charge in [-0.05, 0) is 33.6 Å². The molecule has 0 atom stereocenters. The molecule has 0 spiro atoms. The zero-order chi connectivity index (χ0) is 15.0. The first-order valence-electron chi connectivity index (χ1n) is 5.53. The minimum atomic E-state index is -0.516. The van der Waals surface area contributed by atoms with Gasteiger partial charge in [0, 0.05) is 6.07 Å². The number of nitrogens with zero attached hydrogens (tertiary/aromatic N) is 4. The topological polar surface area (TPSA) is 107 Å². The van der Waals surface area contributed by atoms with Gasteiger partial charge in [0.2, 0.25) is 11.2 Å². The first-order valence-corrected chi connectivity index (χ1v) is 6.70. The smallest absolute Gasteiger partial charge is 0.273 e. The molecule has 0 bridgehead atoms. The molecule has 1 N–H and O–H groups in total. The van der Waals surface area contributed by atoms with E-state index >= 15 is 0 Å². The Morgan fingerprint density at radius 1 is 1.38 bits per heavy atom. The number of H-pyrrole nitrogens is 1. The third-order valence-corrected chi connectivity index (χ3v) is 3.38. The van der Waals surface area contributed by atoms with Gasteiger partial charge in [-0.3, -0.25) is 10.1 Å². The molecule has 21 heavy (non-hydrogen) atoms. The van der Waals surface area contributed by atoms with Crippen LogP contribution in [0, 0.1) is 10.1 Å². The largest absolute Gasteiger partial charge is 0.435 e. The molecular formula is C11H5BrClN5O3. The van der Waals surface area contributed by atoms with Crippen molar-refractivity contribution in [2.24, 2.45) is 0 Å². The Morgan fingerprint density at radius 3 is 2.95 bits per heavy atom. The Balaban J connectivity index is 2.08. The van der Waals surface area contributed by atoms with Crippen LogP contribution < -0.4 is 4.74 Å². The first-order chi connectivity index (χ1) is 10.0. The van der Waals surface area contributed by atoms with E-state index in [1.807, 2.05) is 0 Å². The molecule has 0 aliphatic rings. The molecule has 2 heterocycles. The molecule has 0 radical (unpaired) electrons. The summed E-state index contributed by atoms with van der Waals surface area (Å²) in [7, 11) is 0. The lowest BCUT2D eigenvalue weighted by atomic mass is 10.3. The number of fused-ring (bicyclic) bond motifs is 1.